The third kappa shape index (κ3) is 119. The Hall–Kier alpha value is 6.49. The van der Waals surface area contributed by atoms with Crippen LogP contribution in [-0.2, 0) is 21.8 Å². The van der Waals surface area contributed by atoms with E-state index in [4.69, 9.17) is 30.8 Å². The first kappa shape index (κ1) is 36.6. The zero-order valence-electron chi connectivity index (χ0n) is 7.67. The van der Waals surface area contributed by atoms with Crippen molar-refractivity contribution in [3.63, 3.8) is 0 Å². The first-order valence-electron chi connectivity index (χ1n) is 1.17. The molecule has 0 heterocycles. The minimum atomic E-state index is -5.17. The Morgan fingerprint density at radius 2 is 0.846 bits per heavy atom. The topological polar surface area (TPSA) is 143 Å². The maximum absolute atomic E-state index is 8.52. The third-order valence-electron chi connectivity index (χ3n) is 0. The molecule has 0 aromatic rings. The molecule has 0 rings (SSSR count). The Morgan fingerprint density at radius 1 is 0.846 bits per heavy atom. The summed E-state index contributed by atoms with van der Waals surface area (Å²) in [5.41, 5.74) is 0. The van der Waals surface area contributed by atoms with Gasteiger partial charge in [0.1, 0.15) is 0 Å². The molecule has 0 aliphatic carbocycles. The second-order valence-electron chi connectivity index (χ2n) is 0.612. The van der Waals surface area contributed by atoms with Crippen LogP contribution in [0, 0.1) is 0 Å². The Bertz CT molecular complexity index is 161. The fourth-order valence-corrected chi connectivity index (χ4v) is 0. The average Bonchev–Trinajstić information content (AvgIpc) is 1.19. The molecular weight excluding hydrogens is 333 g/mol. The molecule has 58 valence electrons. The van der Waals surface area contributed by atoms with Gasteiger partial charge in [0.25, 0.3) is 0 Å². The van der Waals surface area contributed by atoms with Gasteiger partial charge in [-0.25, -0.2) is 0 Å². The monoisotopic (exact) mass is 332 g/mol. The molecule has 0 aliphatic rings. The van der Waals surface area contributed by atoms with Gasteiger partial charge >= 0.3 is 206 Å². The zero-order valence-corrected chi connectivity index (χ0v) is 21.8. The van der Waals surface area contributed by atoms with Crippen molar-refractivity contribution >= 4 is 21.8 Å². The summed E-state index contributed by atoms with van der Waals surface area (Å²) in [4.78, 5) is 0. The van der Waals surface area contributed by atoms with Gasteiger partial charge in [0.05, 0.1) is 0 Å². The fourth-order valence-electron chi connectivity index (χ4n) is 0. The second-order valence-corrected chi connectivity index (χ2v) is 1.84. The van der Waals surface area contributed by atoms with E-state index in [9.17, 15) is 0 Å². The van der Waals surface area contributed by atoms with Gasteiger partial charge in [-0.2, -0.15) is 0 Å². The molecule has 13 heteroatoms. The molecular formula is K4O7S2. The van der Waals surface area contributed by atoms with E-state index in [1.54, 1.807) is 0 Å². The third-order valence-corrected chi connectivity index (χ3v) is 0. The van der Waals surface area contributed by atoms with Gasteiger partial charge in [0.15, 0.2) is 0 Å². The van der Waals surface area contributed by atoms with Crippen molar-refractivity contribution in [3.05, 3.63) is 0 Å². The van der Waals surface area contributed by atoms with E-state index < -0.39 is 21.8 Å². The van der Waals surface area contributed by atoms with Crippen LogP contribution in [0.4, 0.5) is 0 Å². The number of rotatable bonds is 0. The van der Waals surface area contributed by atoms with Gasteiger partial charge in [-0.05, 0) is 0 Å². The van der Waals surface area contributed by atoms with Crippen molar-refractivity contribution in [2.24, 2.45) is 0 Å². The Kier molecular flexibility index (Phi) is 66.4. The van der Waals surface area contributed by atoms with E-state index >= 15 is 0 Å². The van der Waals surface area contributed by atoms with Crippen molar-refractivity contribution in [3.8, 4) is 0 Å². The van der Waals surface area contributed by atoms with E-state index in [2.05, 4.69) is 0 Å². The van der Waals surface area contributed by atoms with E-state index in [-0.39, 0.29) is 206 Å². The van der Waals surface area contributed by atoms with Crippen LogP contribution in [0.3, 0.4) is 0 Å². The van der Waals surface area contributed by atoms with E-state index in [1.807, 2.05) is 0 Å². The maximum atomic E-state index is 8.52. The van der Waals surface area contributed by atoms with Crippen LogP contribution in [0.5, 0.6) is 0 Å². The van der Waals surface area contributed by atoms with E-state index in [0.29, 0.717) is 0 Å². The molecule has 0 aromatic carbocycles. The predicted octanol–water partition coefficient (Wildman–Crippen LogP) is -14.3. The number of hydrogen-bond acceptors (Lipinski definition) is 7. The largest absolute Gasteiger partial charge is 1.00 e. The summed E-state index contributed by atoms with van der Waals surface area (Å²) >= 11 is -3.11. The summed E-state index contributed by atoms with van der Waals surface area (Å²) in [6, 6.07) is 0. The van der Waals surface area contributed by atoms with Crippen LogP contribution < -0.4 is 206 Å². The zero-order chi connectivity index (χ0) is 8.08. The molecule has 13 heavy (non-hydrogen) atoms. The van der Waals surface area contributed by atoms with Crippen molar-refractivity contribution in [2.45, 2.75) is 0 Å². The summed E-state index contributed by atoms with van der Waals surface area (Å²) in [5.74, 6) is 0. The fraction of sp³-hybridized carbons (Fsp3) is 0. The van der Waals surface area contributed by atoms with Crippen LogP contribution in [0.25, 0.3) is 0 Å². The first-order valence-corrected chi connectivity index (χ1v) is 3.50. The molecule has 0 saturated heterocycles. The van der Waals surface area contributed by atoms with Gasteiger partial charge in [-0.1, -0.05) is 0 Å². The molecule has 0 fully saturated rings. The van der Waals surface area contributed by atoms with Crippen LogP contribution in [0.1, 0.15) is 0 Å². The first-order chi connectivity index (χ1) is 3.73. The molecule has 0 atom stereocenters. The predicted molar refractivity (Wildman–Crippen MR) is 20.2 cm³/mol. The van der Waals surface area contributed by atoms with Gasteiger partial charge in [-0.15, -0.1) is 11.4 Å². The van der Waals surface area contributed by atoms with Gasteiger partial charge in [-0.3, -0.25) is 12.6 Å². The summed E-state index contributed by atoms with van der Waals surface area (Å²) in [7, 11) is -5.17. The molecule has 0 aliphatic heterocycles. The second kappa shape index (κ2) is 23.6. The maximum Gasteiger partial charge on any atom is 1.00 e. The Morgan fingerprint density at radius 3 is 0.846 bits per heavy atom. The molecule has 0 unspecified atom stereocenters. The smallest absolute Gasteiger partial charge is 0.784 e. The molecule has 0 N–H and O–H groups in total. The number of hydrogen-bond donors (Lipinski definition) is 0. The molecule has 7 nitrogen and oxygen atoms in total. The van der Waals surface area contributed by atoms with Crippen molar-refractivity contribution in [1.29, 1.82) is 0 Å². The quantitative estimate of drug-likeness (QED) is 0.185. The standard InChI is InChI=1S/4K.H2O4S.H2O3S/c;;;;1-5(2,3)4;1-4(2)3/h;;;;(H2,1,2,3,4);(H2,1,2,3)/q4*+1;;/p-4. The van der Waals surface area contributed by atoms with Crippen LogP contribution >= 0.6 is 0 Å². The van der Waals surface area contributed by atoms with Crippen molar-refractivity contribution in [2.75, 3.05) is 0 Å². The molecule has 0 amide bonds. The average molecular weight is 333 g/mol. The Labute approximate surface area is 249 Å². The summed E-state index contributed by atoms with van der Waals surface area (Å²) in [6.07, 6.45) is 0. The van der Waals surface area contributed by atoms with Crippen LogP contribution in [0.2, 0.25) is 0 Å². The van der Waals surface area contributed by atoms with Gasteiger partial charge in [0, 0.05) is 10.4 Å². The minimum absolute atomic E-state index is 0. The normalized spacial score (nSPS) is 7.15. The summed E-state index contributed by atoms with van der Waals surface area (Å²) < 4.78 is 59.4. The summed E-state index contributed by atoms with van der Waals surface area (Å²) in [6.45, 7) is 0. The van der Waals surface area contributed by atoms with Gasteiger partial charge < -0.3 is 18.2 Å². The molecule has 0 aromatic heterocycles. The van der Waals surface area contributed by atoms with Crippen molar-refractivity contribution < 1.29 is 236 Å². The van der Waals surface area contributed by atoms with E-state index in [1.165, 1.54) is 0 Å². The SMILES string of the molecule is O=S(=O)([O-])[O-].O=S([O-])[O-].[K+].[K+].[K+].[K+]. The van der Waals surface area contributed by atoms with Crippen molar-refractivity contribution in [1.82, 2.24) is 0 Å². The molecule has 0 spiro atoms. The molecule has 0 saturated carbocycles. The Balaban J connectivity index is -0.0000000146. The minimum Gasteiger partial charge on any atom is -0.784 e. The summed E-state index contributed by atoms with van der Waals surface area (Å²) in [5, 5.41) is 0. The van der Waals surface area contributed by atoms with Crippen LogP contribution in [0.15, 0.2) is 0 Å². The van der Waals surface area contributed by atoms with Crippen LogP contribution in [-0.4, -0.2) is 30.8 Å². The van der Waals surface area contributed by atoms with E-state index in [0.717, 1.165) is 0 Å². The molecule has 0 bridgehead atoms. The molecule has 0 radical (unpaired) electrons. The van der Waals surface area contributed by atoms with Gasteiger partial charge in [0.2, 0.25) is 0 Å².